The van der Waals surface area contributed by atoms with Crippen LogP contribution in [-0.4, -0.2) is 30.1 Å². The Balaban J connectivity index is 1.64. The van der Waals surface area contributed by atoms with Gasteiger partial charge >= 0.3 is 0 Å². The molecule has 9 heteroatoms. The smallest absolute Gasteiger partial charge is 0.276 e. The van der Waals surface area contributed by atoms with E-state index >= 15 is 0 Å². The van der Waals surface area contributed by atoms with Crippen molar-refractivity contribution in [3.05, 3.63) is 59.1 Å². The Morgan fingerprint density at radius 1 is 0.963 bits per heavy atom. The molecule has 0 aliphatic rings. The third-order valence-electron chi connectivity index (χ3n) is 3.20. The Hall–Kier alpha value is -2.84. The fourth-order valence-corrected chi connectivity index (χ4v) is 2.19. The van der Waals surface area contributed by atoms with E-state index in [0.717, 1.165) is 5.56 Å². The molecule has 0 aliphatic carbocycles. The van der Waals surface area contributed by atoms with Gasteiger partial charge in [0, 0.05) is 5.02 Å². The second-order valence-corrected chi connectivity index (χ2v) is 6.19. The van der Waals surface area contributed by atoms with Crippen LogP contribution in [0.25, 0.3) is 0 Å². The average molecular weight is 408 g/mol. The molecular formula is C18H18ClN3O4S. The zero-order valence-electron chi connectivity index (χ0n) is 14.5. The summed E-state index contributed by atoms with van der Waals surface area (Å²) in [7, 11) is 0. The van der Waals surface area contributed by atoms with Crippen molar-refractivity contribution >= 4 is 40.7 Å². The van der Waals surface area contributed by atoms with E-state index in [-0.39, 0.29) is 18.3 Å². The van der Waals surface area contributed by atoms with Crippen LogP contribution in [0.15, 0.2) is 48.5 Å². The number of carbonyl (C=O) groups is 2. The lowest BCUT2D eigenvalue weighted by Gasteiger charge is -2.12. The molecule has 3 N–H and O–H groups in total. The molecule has 2 aromatic rings. The Labute approximate surface area is 167 Å². The molecule has 0 aliphatic heterocycles. The number of carbonyl (C=O) groups excluding carboxylic acids is 2. The zero-order valence-corrected chi connectivity index (χ0v) is 16.0. The first-order valence-corrected chi connectivity index (χ1v) is 8.68. The number of halogens is 1. The van der Waals surface area contributed by atoms with E-state index < -0.39 is 11.8 Å². The van der Waals surface area contributed by atoms with Crippen LogP contribution in [0.2, 0.25) is 5.02 Å². The lowest BCUT2D eigenvalue weighted by atomic mass is 10.2. The van der Waals surface area contributed by atoms with Gasteiger partial charge in [-0.25, -0.2) is 0 Å². The Kier molecular flexibility index (Phi) is 7.84. The van der Waals surface area contributed by atoms with Gasteiger partial charge in [0.1, 0.15) is 11.5 Å². The van der Waals surface area contributed by atoms with Gasteiger partial charge in [0.15, 0.2) is 18.3 Å². The summed E-state index contributed by atoms with van der Waals surface area (Å²) < 4.78 is 10.7. The summed E-state index contributed by atoms with van der Waals surface area (Å²) in [6.45, 7) is 1.43. The van der Waals surface area contributed by atoms with Gasteiger partial charge in [-0.2, -0.15) is 0 Å². The van der Waals surface area contributed by atoms with Crippen molar-refractivity contribution in [3.63, 3.8) is 0 Å². The van der Waals surface area contributed by atoms with Crippen LogP contribution in [0.3, 0.4) is 0 Å². The minimum absolute atomic E-state index is 0.0618. The van der Waals surface area contributed by atoms with Crippen molar-refractivity contribution in [2.45, 2.75) is 6.92 Å². The van der Waals surface area contributed by atoms with Crippen LogP contribution >= 0.6 is 23.8 Å². The van der Waals surface area contributed by atoms with Crippen molar-refractivity contribution in [2.75, 3.05) is 13.2 Å². The molecule has 2 rings (SSSR count). The number of hydrogen-bond acceptors (Lipinski definition) is 5. The highest BCUT2D eigenvalue weighted by Crippen LogP contribution is 2.16. The molecule has 27 heavy (non-hydrogen) atoms. The average Bonchev–Trinajstić information content (AvgIpc) is 2.65. The van der Waals surface area contributed by atoms with Crippen LogP contribution < -0.4 is 25.6 Å². The van der Waals surface area contributed by atoms with Gasteiger partial charge < -0.3 is 9.47 Å². The van der Waals surface area contributed by atoms with Crippen LogP contribution in [0.5, 0.6) is 11.5 Å². The maximum Gasteiger partial charge on any atom is 0.276 e. The third kappa shape index (κ3) is 7.51. The highest BCUT2D eigenvalue weighted by Gasteiger charge is 2.08. The van der Waals surface area contributed by atoms with E-state index in [1.807, 2.05) is 25.1 Å². The van der Waals surface area contributed by atoms with E-state index in [4.69, 9.17) is 33.3 Å². The number of rotatable bonds is 6. The Bertz CT molecular complexity index is 815. The number of aryl methyl sites for hydroxylation is 1. The standard InChI is InChI=1S/C18H18ClN3O4S/c1-12-4-2-3-5-15(12)26-10-16(23)20-18(27)22-21-17(24)11-25-14-8-6-13(19)7-9-14/h2-9H,10-11H2,1H3,(H,21,24)(H2,20,22,23,27). The number of amides is 2. The fraction of sp³-hybridized carbons (Fsp3) is 0.167. The molecule has 0 bridgehead atoms. The summed E-state index contributed by atoms with van der Waals surface area (Å²) in [6, 6.07) is 13.9. The minimum atomic E-state index is -0.474. The maximum absolute atomic E-state index is 11.8. The van der Waals surface area contributed by atoms with Crippen molar-refractivity contribution in [1.82, 2.24) is 16.2 Å². The highest BCUT2D eigenvalue weighted by molar-refractivity contribution is 7.80. The molecule has 0 aromatic heterocycles. The molecule has 0 unspecified atom stereocenters. The van der Waals surface area contributed by atoms with Crippen molar-refractivity contribution in [2.24, 2.45) is 0 Å². The Morgan fingerprint density at radius 3 is 2.33 bits per heavy atom. The number of hydrazine groups is 1. The quantitative estimate of drug-likeness (QED) is 0.502. The van der Waals surface area contributed by atoms with E-state index in [0.29, 0.717) is 16.5 Å². The number of hydrogen-bond donors (Lipinski definition) is 3. The summed E-state index contributed by atoms with van der Waals surface area (Å²) in [4.78, 5) is 23.5. The number of nitrogens with one attached hydrogen (secondary N) is 3. The van der Waals surface area contributed by atoms with Gasteiger partial charge in [0.25, 0.3) is 11.8 Å². The summed E-state index contributed by atoms with van der Waals surface area (Å²) in [6.07, 6.45) is 0. The van der Waals surface area contributed by atoms with E-state index in [1.165, 1.54) is 0 Å². The lowest BCUT2D eigenvalue weighted by Crippen LogP contribution is -2.50. The predicted octanol–water partition coefficient (Wildman–Crippen LogP) is 2.13. The van der Waals surface area contributed by atoms with Gasteiger partial charge in [-0.3, -0.25) is 25.8 Å². The summed E-state index contributed by atoms with van der Waals surface area (Å²) in [5.41, 5.74) is 5.64. The molecule has 0 radical (unpaired) electrons. The minimum Gasteiger partial charge on any atom is -0.484 e. The maximum atomic E-state index is 11.8. The van der Waals surface area contributed by atoms with Crippen molar-refractivity contribution in [1.29, 1.82) is 0 Å². The van der Waals surface area contributed by atoms with Crippen LogP contribution in [0.4, 0.5) is 0 Å². The molecule has 0 saturated heterocycles. The van der Waals surface area contributed by atoms with E-state index in [1.54, 1.807) is 30.3 Å². The van der Waals surface area contributed by atoms with Crippen LogP contribution in [0, 0.1) is 6.92 Å². The lowest BCUT2D eigenvalue weighted by molar-refractivity contribution is -0.124. The number of thiocarbonyl (C=S) groups is 1. The monoisotopic (exact) mass is 407 g/mol. The molecule has 2 aromatic carbocycles. The van der Waals surface area contributed by atoms with Gasteiger partial charge in [0.2, 0.25) is 0 Å². The molecule has 0 saturated carbocycles. The van der Waals surface area contributed by atoms with E-state index in [9.17, 15) is 9.59 Å². The molecular weight excluding hydrogens is 390 g/mol. The second kappa shape index (κ2) is 10.3. The van der Waals surface area contributed by atoms with Gasteiger partial charge in [-0.15, -0.1) is 0 Å². The van der Waals surface area contributed by atoms with Gasteiger partial charge in [-0.05, 0) is 55.0 Å². The molecule has 0 fully saturated rings. The van der Waals surface area contributed by atoms with Crippen molar-refractivity contribution in [3.8, 4) is 11.5 Å². The van der Waals surface area contributed by atoms with Gasteiger partial charge in [0.05, 0.1) is 0 Å². The zero-order chi connectivity index (χ0) is 19.6. The normalized spacial score (nSPS) is 9.85. The molecule has 2 amide bonds. The molecule has 0 atom stereocenters. The first kappa shape index (κ1) is 20.5. The van der Waals surface area contributed by atoms with E-state index in [2.05, 4.69) is 16.2 Å². The number of ether oxygens (including phenoxy) is 2. The highest BCUT2D eigenvalue weighted by atomic mass is 35.5. The van der Waals surface area contributed by atoms with Crippen molar-refractivity contribution < 1.29 is 19.1 Å². The molecule has 0 spiro atoms. The van der Waals surface area contributed by atoms with Crippen LogP contribution in [0.1, 0.15) is 5.56 Å². The molecule has 142 valence electrons. The molecule has 7 nitrogen and oxygen atoms in total. The Morgan fingerprint density at radius 2 is 1.63 bits per heavy atom. The SMILES string of the molecule is Cc1ccccc1OCC(=O)NC(=S)NNC(=O)COc1ccc(Cl)cc1. The predicted molar refractivity (Wildman–Crippen MR) is 106 cm³/mol. The van der Waals surface area contributed by atoms with Gasteiger partial charge in [-0.1, -0.05) is 29.8 Å². The third-order valence-corrected chi connectivity index (χ3v) is 3.66. The summed E-state index contributed by atoms with van der Waals surface area (Å²) in [5, 5.41) is 2.90. The second-order valence-electron chi connectivity index (χ2n) is 5.35. The summed E-state index contributed by atoms with van der Waals surface area (Å²) >= 11 is 10.7. The largest absolute Gasteiger partial charge is 0.484 e. The number of benzene rings is 2. The fourth-order valence-electron chi connectivity index (χ4n) is 1.90. The summed E-state index contributed by atoms with van der Waals surface area (Å²) in [5.74, 6) is 0.179. The topological polar surface area (TPSA) is 88.7 Å². The van der Waals surface area contributed by atoms with Crippen LogP contribution in [-0.2, 0) is 9.59 Å². The first-order chi connectivity index (χ1) is 12.9. The molecule has 0 heterocycles. The number of para-hydroxylation sites is 1. The first-order valence-electron chi connectivity index (χ1n) is 7.89.